The number of allylic oxidation sites excluding steroid dienone is 3. The SMILES string of the molecule is COc1cccc(C2C(C(=O)Nc3ccc(F)cc3F)=C(C)NC3=C2C(=O)CC(C)(C)C3)c1. The van der Waals surface area contributed by atoms with Crippen molar-refractivity contribution in [3.05, 3.63) is 82.2 Å². The molecular formula is C26H26F2N2O3. The zero-order valence-electron chi connectivity index (χ0n) is 19.0. The molecule has 1 aliphatic heterocycles. The Morgan fingerprint density at radius 1 is 1.15 bits per heavy atom. The van der Waals surface area contributed by atoms with E-state index in [0.717, 1.165) is 17.3 Å². The van der Waals surface area contributed by atoms with Gasteiger partial charge < -0.3 is 15.4 Å². The highest BCUT2D eigenvalue weighted by Crippen LogP contribution is 2.47. The van der Waals surface area contributed by atoms with Gasteiger partial charge in [-0.15, -0.1) is 0 Å². The van der Waals surface area contributed by atoms with Crippen LogP contribution in [-0.2, 0) is 9.59 Å². The molecule has 0 aromatic heterocycles. The Bertz CT molecular complexity index is 1210. The summed E-state index contributed by atoms with van der Waals surface area (Å²) in [4.78, 5) is 26.7. The third-order valence-electron chi connectivity index (χ3n) is 6.09. The summed E-state index contributed by atoms with van der Waals surface area (Å²) in [5, 5.41) is 5.81. The number of rotatable bonds is 4. The molecule has 7 heteroatoms. The predicted octanol–water partition coefficient (Wildman–Crippen LogP) is 5.22. The lowest BCUT2D eigenvalue weighted by atomic mass is 9.68. The molecule has 0 saturated heterocycles. The summed E-state index contributed by atoms with van der Waals surface area (Å²) in [6.07, 6.45) is 1.02. The third-order valence-corrected chi connectivity index (χ3v) is 6.09. The molecule has 1 amide bonds. The van der Waals surface area contributed by atoms with Crippen molar-refractivity contribution < 1.29 is 23.1 Å². The minimum atomic E-state index is -0.876. The van der Waals surface area contributed by atoms with Gasteiger partial charge in [0.15, 0.2) is 5.78 Å². The number of amides is 1. The maximum absolute atomic E-state index is 14.2. The minimum absolute atomic E-state index is 0.0349. The second-order valence-corrected chi connectivity index (χ2v) is 9.28. The standard InChI is InChI=1S/C26H26F2N2O3/c1-14-22(25(32)30-19-9-8-16(27)11-18(19)28)23(15-6-5-7-17(10-15)33-4)24-20(29-14)12-26(2,3)13-21(24)31/h5-11,23,29H,12-13H2,1-4H3,(H,30,32). The van der Waals surface area contributed by atoms with Gasteiger partial charge in [0.05, 0.1) is 12.8 Å². The Balaban J connectivity index is 1.82. The quantitative estimate of drug-likeness (QED) is 0.668. The van der Waals surface area contributed by atoms with Crippen LogP contribution in [0.5, 0.6) is 5.75 Å². The van der Waals surface area contributed by atoms with Gasteiger partial charge in [0.25, 0.3) is 5.91 Å². The fourth-order valence-electron chi connectivity index (χ4n) is 4.67. The molecule has 4 rings (SSSR count). The molecule has 2 aromatic carbocycles. The highest BCUT2D eigenvalue weighted by atomic mass is 19.1. The topological polar surface area (TPSA) is 67.4 Å². The first-order valence-corrected chi connectivity index (χ1v) is 10.7. The van der Waals surface area contributed by atoms with Crippen molar-refractivity contribution in [3.63, 3.8) is 0 Å². The third kappa shape index (κ3) is 4.40. The van der Waals surface area contributed by atoms with Crippen LogP contribution in [0.2, 0.25) is 0 Å². The molecule has 2 N–H and O–H groups in total. The fraction of sp³-hybridized carbons (Fsp3) is 0.308. The molecule has 1 heterocycles. The van der Waals surface area contributed by atoms with Crippen LogP contribution in [-0.4, -0.2) is 18.8 Å². The Labute approximate surface area is 191 Å². The Kier molecular flexibility index (Phi) is 5.82. The van der Waals surface area contributed by atoms with Crippen LogP contribution in [0.25, 0.3) is 0 Å². The molecule has 0 fully saturated rings. The van der Waals surface area contributed by atoms with Crippen molar-refractivity contribution in [2.45, 2.75) is 39.5 Å². The van der Waals surface area contributed by atoms with Gasteiger partial charge >= 0.3 is 0 Å². The van der Waals surface area contributed by atoms with Crippen LogP contribution in [0, 0.1) is 17.0 Å². The van der Waals surface area contributed by atoms with Crippen LogP contribution >= 0.6 is 0 Å². The summed E-state index contributed by atoms with van der Waals surface area (Å²) >= 11 is 0. The smallest absolute Gasteiger partial charge is 0.254 e. The lowest BCUT2D eigenvalue weighted by molar-refractivity contribution is -0.118. The van der Waals surface area contributed by atoms with E-state index in [1.165, 1.54) is 6.07 Å². The molecule has 2 aromatic rings. The van der Waals surface area contributed by atoms with Crippen molar-refractivity contribution >= 4 is 17.4 Å². The number of anilines is 1. The van der Waals surface area contributed by atoms with Crippen LogP contribution in [0.15, 0.2) is 65.0 Å². The number of hydrogen-bond acceptors (Lipinski definition) is 4. The van der Waals surface area contributed by atoms with Crippen molar-refractivity contribution in [2.24, 2.45) is 5.41 Å². The molecule has 0 spiro atoms. The minimum Gasteiger partial charge on any atom is -0.497 e. The van der Waals surface area contributed by atoms with Gasteiger partial charge in [-0.1, -0.05) is 26.0 Å². The number of dihydropyridines is 1. The Morgan fingerprint density at radius 3 is 2.61 bits per heavy atom. The van der Waals surface area contributed by atoms with E-state index in [9.17, 15) is 18.4 Å². The Morgan fingerprint density at radius 2 is 1.91 bits per heavy atom. The molecule has 0 bridgehead atoms. The lowest BCUT2D eigenvalue weighted by Crippen LogP contribution is -2.39. The van der Waals surface area contributed by atoms with Crippen LogP contribution in [0.4, 0.5) is 14.5 Å². The summed E-state index contributed by atoms with van der Waals surface area (Å²) in [6.45, 7) is 5.84. The van der Waals surface area contributed by atoms with Gasteiger partial charge in [0.1, 0.15) is 17.4 Å². The van der Waals surface area contributed by atoms with E-state index in [2.05, 4.69) is 10.6 Å². The number of halogens is 2. The molecule has 1 unspecified atom stereocenters. The lowest BCUT2D eigenvalue weighted by Gasteiger charge is -2.39. The van der Waals surface area contributed by atoms with E-state index in [-0.39, 0.29) is 16.9 Å². The van der Waals surface area contributed by atoms with Crippen molar-refractivity contribution in [1.29, 1.82) is 0 Å². The van der Waals surface area contributed by atoms with Gasteiger partial charge in [-0.2, -0.15) is 0 Å². The molecule has 0 radical (unpaired) electrons. The van der Waals surface area contributed by atoms with Gasteiger partial charge in [0, 0.05) is 40.9 Å². The number of ketones is 1. The zero-order valence-corrected chi connectivity index (χ0v) is 19.0. The first-order valence-electron chi connectivity index (χ1n) is 10.7. The highest BCUT2D eigenvalue weighted by molar-refractivity contribution is 6.10. The van der Waals surface area contributed by atoms with Crippen LogP contribution in [0.3, 0.4) is 0 Å². The van der Waals surface area contributed by atoms with E-state index >= 15 is 0 Å². The number of ether oxygens (including phenoxy) is 1. The van der Waals surface area contributed by atoms with Crippen LogP contribution in [0.1, 0.15) is 45.1 Å². The molecule has 33 heavy (non-hydrogen) atoms. The average molecular weight is 453 g/mol. The molecule has 5 nitrogen and oxygen atoms in total. The normalized spacial score (nSPS) is 19.7. The van der Waals surface area contributed by atoms with E-state index in [1.54, 1.807) is 32.2 Å². The first kappa shape index (κ1) is 22.7. The number of carbonyl (C=O) groups excluding carboxylic acids is 2. The van der Waals surface area contributed by atoms with E-state index in [1.807, 2.05) is 19.9 Å². The predicted molar refractivity (Wildman–Crippen MR) is 122 cm³/mol. The monoisotopic (exact) mass is 452 g/mol. The van der Waals surface area contributed by atoms with Crippen molar-refractivity contribution in [2.75, 3.05) is 12.4 Å². The fourth-order valence-corrected chi connectivity index (χ4v) is 4.67. The van der Waals surface area contributed by atoms with E-state index in [4.69, 9.17) is 4.74 Å². The molecular weight excluding hydrogens is 426 g/mol. The number of benzene rings is 2. The first-order chi connectivity index (χ1) is 15.6. The molecule has 1 aliphatic carbocycles. The second-order valence-electron chi connectivity index (χ2n) is 9.28. The maximum Gasteiger partial charge on any atom is 0.254 e. The summed E-state index contributed by atoms with van der Waals surface area (Å²) in [5.74, 6) is -2.27. The maximum atomic E-state index is 14.2. The van der Waals surface area contributed by atoms with Crippen molar-refractivity contribution in [1.82, 2.24) is 5.32 Å². The van der Waals surface area contributed by atoms with Gasteiger partial charge in [-0.25, -0.2) is 8.78 Å². The van der Waals surface area contributed by atoms with E-state index in [0.29, 0.717) is 41.5 Å². The molecule has 2 aliphatic rings. The summed E-state index contributed by atoms with van der Waals surface area (Å²) in [6, 6.07) is 10.2. The highest BCUT2D eigenvalue weighted by Gasteiger charge is 2.42. The van der Waals surface area contributed by atoms with E-state index < -0.39 is 23.5 Å². The van der Waals surface area contributed by atoms with Crippen molar-refractivity contribution in [3.8, 4) is 5.75 Å². The largest absolute Gasteiger partial charge is 0.497 e. The number of methoxy groups -OCH3 is 1. The van der Waals surface area contributed by atoms with Gasteiger partial charge in [-0.05, 0) is 48.6 Å². The second kappa shape index (κ2) is 8.46. The van der Waals surface area contributed by atoms with Gasteiger partial charge in [-0.3, -0.25) is 9.59 Å². The zero-order chi connectivity index (χ0) is 23.9. The average Bonchev–Trinajstić information content (AvgIpc) is 2.73. The molecule has 0 saturated carbocycles. The number of nitrogens with one attached hydrogen (secondary N) is 2. The number of carbonyl (C=O) groups is 2. The molecule has 172 valence electrons. The summed E-state index contributed by atoms with van der Waals surface area (Å²) in [5.41, 5.74) is 2.59. The Hall–Kier alpha value is -3.48. The van der Waals surface area contributed by atoms with Gasteiger partial charge in [0.2, 0.25) is 0 Å². The number of Topliss-reactive ketones (excluding diaryl/α,β-unsaturated/α-hetero) is 1. The summed E-state index contributed by atoms with van der Waals surface area (Å²) in [7, 11) is 1.55. The molecule has 1 atom stereocenters. The van der Waals surface area contributed by atoms with Crippen LogP contribution < -0.4 is 15.4 Å². The summed E-state index contributed by atoms with van der Waals surface area (Å²) < 4.78 is 32.9. The number of hydrogen-bond donors (Lipinski definition) is 2.